The van der Waals surface area contributed by atoms with Gasteiger partial charge in [-0.1, -0.05) is 35.9 Å². The van der Waals surface area contributed by atoms with Crippen molar-refractivity contribution in [1.29, 1.82) is 0 Å². The van der Waals surface area contributed by atoms with Crippen LogP contribution >= 0.6 is 39.7 Å². The Morgan fingerprint density at radius 1 is 1.05 bits per heavy atom. The number of furan rings is 1. The Kier molecular flexibility index (Phi) is 7.23. The predicted molar refractivity (Wildman–Crippen MR) is 154 cm³/mol. The smallest absolute Gasteiger partial charge is 0.250 e. The van der Waals surface area contributed by atoms with Gasteiger partial charge in [-0.25, -0.2) is 4.98 Å². The molecule has 1 amide bonds. The van der Waals surface area contributed by atoms with Gasteiger partial charge >= 0.3 is 0 Å². The molecule has 0 aliphatic heterocycles. The molecule has 184 valence electrons. The lowest BCUT2D eigenvalue weighted by Gasteiger charge is -2.07. The van der Waals surface area contributed by atoms with E-state index in [0.717, 1.165) is 21.2 Å². The summed E-state index contributed by atoms with van der Waals surface area (Å²) >= 11 is 15.0. The number of rotatable bonds is 5. The van der Waals surface area contributed by atoms with Gasteiger partial charge < -0.3 is 14.2 Å². The normalized spacial score (nSPS) is 11.2. The lowest BCUT2D eigenvalue weighted by molar-refractivity contribution is -0.115. The maximum atomic E-state index is 12.4. The number of oxazole rings is 1. The minimum Gasteiger partial charge on any atom is -0.457 e. The zero-order valence-corrected chi connectivity index (χ0v) is 22.6. The third-order valence-corrected chi connectivity index (χ3v) is 6.77. The number of halogens is 2. The lowest BCUT2D eigenvalue weighted by atomic mass is 10.1. The quantitative estimate of drug-likeness (QED) is 0.159. The van der Waals surface area contributed by atoms with Crippen molar-refractivity contribution in [3.05, 3.63) is 99.7 Å². The van der Waals surface area contributed by atoms with Crippen LogP contribution in [0, 0.1) is 6.92 Å². The third kappa shape index (κ3) is 5.83. The van der Waals surface area contributed by atoms with E-state index >= 15 is 0 Å². The number of fused-ring (bicyclic) bond motifs is 1. The Bertz CT molecular complexity index is 1670. The standard InChI is InChI=1S/C28H19BrClN3O3S/c1-16-6-7-17(14-22(16)30)24-12-9-19(35-24)10-13-26(34)33-28(37)31-18-8-11-25-23(15-18)32-27(36-25)20-4-2-3-5-21(20)29/h2-15H,1H3,(H2,31,33,34,37)/b13-10+. The first kappa shape index (κ1) is 25.0. The molecular weight excluding hydrogens is 574 g/mol. The highest BCUT2D eigenvalue weighted by Gasteiger charge is 2.12. The van der Waals surface area contributed by atoms with Crippen molar-refractivity contribution in [2.45, 2.75) is 6.92 Å². The molecule has 2 N–H and O–H groups in total. The number of carbonyl (C=O) groups is 1. The van der Waals surface area contributed by atoms with Gasteiger partial charge in [0.1, 0.15) is 17.0 Å². The first-order valence-electron chi connectivity index (χ1n) is 11.2. The highest BCUT2D eigenvalue weighted by molar-refractivity contribution is 9.10. The number of aromatic nitrogens is 1. The van der Waals surface area contributed by atoms with Gasteiger partial charge in [-0.3, -0.25) is 10.1 Å². The zero-order chi connectivity index (χ0) is 25.9. The monoisotopic (exact) mass is 591 g/mol. The van der Waals surface area contributed by atoms with E-state index < -0.39 is 5.91 Å². The van der Waals surface area contributed by atoms with E-state index in [9.17, 15) is 4.79 Å². The summed E-state index contributed by atoms with van der Waals surface area (Å²) in [6.45, 7) is 1.94. The van der Waals surface area contributed by atoms with E-state index in [0.29, 0.717) is 39.2 Å². The van der Waals surface area contributed by atoms with Crippen LogP contribution in [0.4, 0.5) is 5.69 Å². The molecule has 0 saturated carbocycles. The fourth-order valence-electron chi connectivity index (χ4n) is 3.57. The van der Waals surface area contributed by atoms with Gasteiger partial charge in [-0.15, -0.1) is 0 Å². The first-order valence-corrected chi connectivity index (χ1v) is 12.8. The topological polar surface area (TPSA) is 80.3 Å². The van der Waals surface area contributed by atoms with E-state index in [-0.39, 0.29) is 5.11 Å². The maximum absolute atomic E-state index is 12.4. The number of carbonyl (C=O) groups excluding carboxylic acids is 1. The molecule has 3 aromatic carbocycles. The minimum atomic E-state index is -0.396. The summed E-state index contributed by atoms with van der Waals surface area (Å²) in [6.07, 6.45) is 2.92. The van der Waals surface area contributed by atoms with Gasteiger partial charge in [-0.05, 0) is 95.2 Å². The molecule has 0 radical (unpaired) electrons. The number of anilines is 1. The van der Waals surface area contributed by atoms with Crippen LogP contribution < -0.4 is 10.6 Å². The number of thiocarbonyl (C=S) groups is 1. The molecule has 0 saturated heterocycles. The molecular formula is C28H19BrClN3O3S. The van der Waals surface area contributed by atoms with Gasteiger partial charge in [-0.2, -0.15) is 0 Å². The van der Waals surface area contributed by atoms with Crippen LogP contribution in [0.1, 0.15) is 11.3 Å². The zero-order valence-electron chi connectivity index (χ0n) is 19.4. The summed E-state index contributed by atoms with van der Waals surface area (Å²) in [6, 6.07) is 22.4. The highest BCUT2D eigenvalue weighted by Crippen LogP contribution is 2.31. The summed E-state index contributed by atoms with van der Waals surface area (Å²) < 4.78 is 12.6. The van der Waals surface area contributed by atoms with Crippen molar-refractivity contribution in [1.82, 2.24) is 10.3 Å². The van der Waals surface area contributed by atoms with Gasteiger partial charge in [0.15, 0.2) is 10.7 Å². The van der Waals surface area contributed by atoms with Crippen LogP contribution in [-0.4, -0.2) is 16.0 Å². The molecule has 0 atom stereocenters. The summed E-state index contributed by atoms with van der Waals surface area (Å²) in [5, 5.41) is 6.44. The molecule has 0 spiro atoms. The highest BCUT2D eigenvalue weighted by atomic mass is 79.9. The molecule has 9 heteroatoms. The van der Waals surface area contributed by atoms with Crippen molar-refractivity contribution >= 4 is 73.6 Å². The Labute approximate surface area is 231 Å². The average Bonchev–Trinajstić information content (AvgIpc) is 3.51. The number of benzene rings is 3. The lowest BCUT2D eigenvalue weighted by Crippen LogP contribution is -2.32. The van der Waals surface area contributed by atoms with Crippen LogP contribution in [0.15, 0.2) is 92.2 Å². The summed E-state index contributed by atoms with van der Waals surface area (Å²) in [5.74, 6) is 1.29. The molecule has 5 rings (SSSR count). The molecule has 2 heterocycles. The van der Waals surface area contributed by atoms with Crippen LogP contribution in [0.3, 0.4) is 0 Å². The molecule has 0 aliphatic carbocycles. The molecule has 5 aromatic rings. The maximum Gasteiger partial charge on any atom is 0.250 e. The molecule has 0 bridgehead atoms. The van der Waals surface area contributed by atoms with Crippen LogP contribution in [-0.2, 0) is 4.79 Å². The van der Waals surface area contributed by atoms with E-state index in [1.54, 1.807) is 30.3 Å². The molecule has 6 nitrogen and oxygen atoms in total. The van der Waals surface area contributed by atoms with Gasteiger partial charge in [0.25, 0.3) is 0 Å². The minimum absolute atomic E-state index is 0.151. The van der Waals surface area contributed by atoms with Gasteiger partial charge in [0, 0.05) is 26.8 Å². The van der Waals surface area contributed by atoms with Crippen LogP contribution in [0.2, 0.25) is 5.02 Å². The SMILES string of the molecule is Cc1ccc(-c2ccc(/C=C/C(=O)NC(=S)Nc3ccc4oc(-c5ccccc5Br)nc4c3)o2)cc1Cl. The fourth-order valence-corrected chi connectivity index (χ4v) is 4.43. The number of hydrogen-bond acceptors (Lipinski definition) is 5. The molecule has 0 fully saturated rings. The predicted octanol–water partition coefficient (Wildman–Crippen LogP) is 8.01. The van der Waals surface area contributed by atoms with E-state index in [4.69, 9.17) is 32.7 Å². The third-order valence-electron chi connectivity index (χ3n) is 5.47. The van der Waals surface area contributed by atoms with Crippen LogP contribution in [0.25, 0.3) is 40.0 Å². The Balaban J connectivity index is 1.21. The van der Waals surface area contributed by atoms with E-state index in [2.05, 4.69) is 31.5 Å². The van der Waals surface area contributed by atoms with Crippen molar-refractivity contribution in [2.75, 3.05) is 5.32 Å². The second kappa shape index (κ2) is 10.7. The van der Waals surface area contributed by atoms with Crippen molar-refractivity contribution in [3.63, 3.8) is 0 Å². The number of hydrogen-bond donors (Lipinski definition) is 2. The van der Waals surface area contributed by atoms with E-state index in [1.807, 2.05) is 55.5 Å². The number of amides is 1. The number of nitrogens with zero attached hydrogens (tertiary/aromatic N) is 1. The van der Waals surface area contributed by atoms with Crippen LogP contribution in [0.5, 0.6) is 0 Å². The second-order valence-electron chi connectivity index (χ2n) is 8.12. The molecule has 37 heavy (non-hydrogen) atoms. The van der Waals surface area contributed by atoms with Gasteiger partial charge in [0.05, 0.1) is 5.56 Å². The van der Waals surface area contributed by atoms with E-state index in [1.165, 1.54) is 6.08 Å². The summed E-state index contributed by atoms with van der Waals surface area (Å²) in [7, 11) is 0. The molecule has 0 unspecified atom stereocenters. The summed E-state index contributed by atoms with van der Waals surface area (Å²) in [5.41, 5.74) is 4.67. The number of aryl methyl sites for hydroxylation is 1. The fraction of sp³-hybridized carbons (Fsp3) is 0.0357. The van der Waals surface area contributed by atoms with Crippen molar-refractivity contribution in [3.8, 4) is 22.8 Å². The Morgan fingerprint density at radius 2 is 1.89 bits per heavy atom. The van der Waals surface area contributed by atoms with Gasteiger partial charge in [0.2, 0.25) is 11.8 Å². The molecule has 0 aliphatic rings. The second-order valence-corrected chi connectivity index (χ2v) is 9.79. The number of nitrogens with one attached hydrogen (secondary N) is 2. The van der Waals surface area contributed by atoms with Crippen molar-refractivity contribution in [2.24, 2.45) is 0 Å². The average molecular weight is 593 g/mol. The Morgan fingerprint density at radius 3 is 2.70 bits per heavy atom. The summed E-state index contributed by atoms with van der Waals surface area (Å²) in [4.78, 5) is 16.9. The Hall–Kier alpha value is -3.72. The van der Waals surface area contributed by atoms with Crippen molar-refractivity contribution < 1.29 is 13.6 Å². The largest absolute Gasteiger partial charge is 0.457 e. The molecule has 2 aromatic heterocycles. The first-order chi connectivity index (χ1) is 17.9.